The molecule has 2 N–H and O–H groups in total. The van der Waals surface area contributed by atoms with E-state index in [1.165, 1.54) is 51.4 Å². The maximum absolute atomic E-state index is 11.0. The highest BCUT2D eigenvalue weighted by Crippen LogP contribution is 2.69. The first kappa shape index (κ1) is 23.1. The average molecular weight is 419 g/mol. The third-order valence-electron chi connectivity index (χ3n) is 11.6. The summed E-state index contributed by atoms with van der Waals surface area (Å²) in [5, 5.41) is 21.9. The van der Waals surface area contributed by atoms with Gasteiger partial charge in [-0.1, -0.05) is 47.5 Å². The van der Waals surface area contributed by atoms with E-state index < -0.39 is 0 Å². The molecule has 2 heteroatoms. The van der Waals surface area contributed by atoms with Gasteiger partial charge in [0.2, 0.25) is 0 Å². The molecule has 4 fully saturated rings. The molecule has 0 aromatic carbocycles. The Bertz CT molecular complexity index is 603. The van der Waals surface area contributed by atoms with Crippen molar-refractivity contribution in [2.24, 2.45) is 46.3 Å². The standard InChI is InChI=1S/C28H50O2/c1-6-8-9-25(29)19(3)22-12-13-23-21-11-10-20-18-28(30,7-2)17-16-26(20,4)24(21)14-15-27(22,23)5/h19-25,29-30H,6-18H2,1-5H3/t19-,20+,21-,22+,23-,24-,25+,26-,27+,28+/m0/s1. The Morgan fingerprint density at radius 2 is 1.63 bits per heavy atom. The van der Waals surface area contributed by atoms with Crippen LogP contribution in [0.15, 0.2) is 0 Å². The van der Waals surface area contributed by atoms with E-state index in [1.54, 1.807) is 0 Å². The van der Waals surface area contributed by atoms with E-state index in [4.69, 9.17) is 0 Å². The number of aliphatic hydroxyl groups excluding tert-OH is 1. The molecule has 0 aromatic heterocycles. The molecule has 0 heterocycles. The fourth-order valence-electron chi connectivity index (χ4n) is 9.49. The molecule has 0 aromatic rings. The molecule has 0 saturated heterocycles. The molecular formula is C28H50O2. The molecule has 0 unspecified atom stereocenters. The van der Waals surface area contributed by atoms with Gasteiger partial charge in [-0.05, 0) is 117 Å². The molecule has 4 rings (SSSR count). The zero-order valence-corrected chi connectivity index (χ0v) is 20.6. The summed E-state index contributed by atoms with van der Waals surface area (Å²) < 4.78 is 0. The zero-order valence-electron chi connectivity index (χ0n) is 20.6. The lowest BCUT2D eigenvalue weighted by atomic mass is 9.43. The third kappa shape index (κ3) is 3.60. The number of aliphatic hydroxyl groups is 2. The van der Waals surface area contributed by atoms with Gasteiger partial charge in [-0.25, -0.2) is 0 Å². The topological polar surface area (TPSA) is 40.5 Å². The van der Waals surface area contributed by atoms with Crippen LogP contribution in [0.1, 0.15) is 118 Å². The molecule has 4 saturated carbocycles. The van der Waals surface area contributed by atoms with Crippen molar-refractivity contribution in [3.63, 3.8) is 0 Å². The van der Waals surface area contributed by atoms with Crippen molar-refractivity contribution in [2.75, 3.05) is 0 Å². The van der Waals surface area contributed by atoms with Crippen molar-refractivity contribution in [2.45, 2.75) is 130 Å². The van der Waals surface area contributed by atoms with Crippen LogP contribution in [0.5, 0.6) is 0 Å². The normalized spacial score (nSPS) is 50.3. The highest BCUT2D eigenvalue weighted by Gasteiger charge is 2.61. The van der Waals surface area contributed by atoms with Gasteiger partial charge in [0.15, 0.2) is 0 Å². The van der Waals surface area contributed by atoms with E-state index in [2.05, 4.69) is 34.6 Å². The van der Waals surface area contributed by atoms with Crippen molar-refractivity contribution in [3.8, 4) is 0 Å². The Labute approximate surface area is 186 Å². The van der Waals surface area contributed by atoms with Crippen LogP contribution in [0, 0.1) is 46.3 Å². The number of fused-ring (bicyclic) bond motifs is 5. The summed E-state index contributed by atoms with van der Waals surface area (Å²) in [6.45, 7) is 12.0. The predicted octanol–water partition coefficient (Wildman–Crippen LogP) is 6.97. The summed E-state index contributed by atoms with van der Waals surface area (Å²) in [5.74, 6) is 4.51. The summed E-state index contributed by atoms with van der Waals surface area (Å²) in [4.78, 5) is 0. The van der Waals surface area contributed by atoms with E-state index >= 15 is 0 Å². The second-order valence-electron chi connectivity index (χ2n) is 12.7. The van der Waals surface area contributed by atoms with Crippen LogP contribution in [0.2, 0.25) is 0 Å². The highest BCUT2D eigenvalue weighted by atomic mass is 16.3. The third-order valence-corrected chi connectivity index (χ3v) is 11.6. The Kier molecular flexibility index (Phi) is 6.44. The largest absolute Gasteiger partial charge is 0.393 e. The van der Waals surface area contributed by atoms with Crippen molar-refractivity contribution in [3.05, 3.63) is 0 Å². The molecule has 0 bridgehead atoms. The van der Waals surface area contributed by atoms with Gasteiger partial charge < -0.3 is 10.2 Å². The Hall–Kier alpha value is -0.0800. The minimum absolute atomic E-state index is 0.110. The average Bonchev–Trinajstić information content (AvgIpc) is 3.09. The van der Waals surface area contributed by atoms with Gasteiger partial charge in [-0.15, -0.1) is 0 Å². The number of rotatable bonds is 6. The predicted molar refractivity (Wildman–Crippen MR) is 125 cm³/mol. The Balaban J connectivity index is 1.50. The van der Waals surface area contributed by atoms with Crippen LogP contribution in [-0.2, 0) is 0 Å². The molecule has 0 amide bonds. The summed E-state index contributed by atoms with van der Waals surface area (Å²) in [7, 11) is 0. The number of hydrogen-bond donors (Lipinski definition) is 2. The molecular weight excluding hydrogens is 368 g/mol. The molecule has 0 radical (unpaired) electrons. The smallest absolute Gasteiger partial charge is 0.0648 e. The molecule has 4 aliphatic rings. The number of unbranched alkanes of at least 4 members (excludes halogenated alkanes) is 1. The summed E-state index contributed by atoms with van der Waals surface area (Å²) >= 11 is 0. The molecule has 174 valence electrons. The second-order valence-corrected chi connectivity index (χ2v) is 12.7. The maximum Gasteiger partial charge on any atom is 0.0648 e. The van der Waals surface area contributed by atoms with Crippen molar-refractivity contribution >= 4 is 0 Å². The van der Waals surface area contributed by atoms with Gasteiger partial charge >= 0.3 is 0 Å². The lowest BCUT2D eigenvalue weighted by Crippen LogP contribution is -2.56. The Morgan fingerprint density at radius 1 is 0.900 bits per heavy atom. The molecule has 0 aliphatic heterocycles. The van der Waals surface area contributed by atoms with E-state index in [9.17, 15) is 10.2 Å². The van der Waals surface area contributed by atoms with Gasteiger partial charge in [0.25, 0.3) is 0 Å². The van der Waals surface area contributed by atoms with Gasteiger partial charge in [-0.3, -0.25) is 0 Å². The quantitative estimate of drug-likeness (QED) is 0.489. The highest BCUT2D eigenvalue weighted by molar-refractivity contribution is 5.11. The fourth-order valence-corrected chi connectivity index (χ4v) is 9.49. The first-order valence-electron chi connectivity index (χ1n) is 13.6. The zero-order chi connectivity index (χ0) is 21.7. The maximum atomic E-state index is 11.0. The molecule has 2 nitrogen and oxygen atoms in total. The number of hydrogen-bond acceptors (Lipinski definition) is 2. The SMILES string of the molecule is CCCC[C@@H](O)[C@@H](C)[C@H]1CC[C@H]2[C@@H]3CC[C@@H]4C[C@@](O)(CC)CC[C@]4(C)[C@H]3CC[C@]12C. The minimum atomic E-state index is -0.386. The van der Waals surface area contributed by atoms with Crippen LogP contribution in [-0.4, -0.2) is 21.9 Å². The van der Waals surface area contributed by atoms with Gasteiger partial charge in [0.1, 0.15) is 0 Å². The minimum Gasteiger partial charge on any atom is -0.393 e. The molecule has 10 atom stereocenters. The van der Waals surface area contributed by atoms with Gasteiger partial charge in [0, 0.05) is 0 Å². The van der Waals surface area contributed by atoms with Crippen molar-refractivity contribution < 1.29 is 10.2 Å². The van der Waals surface area contributed by atoms with Crippen molar-refractivity contribution in [1.82, 2.24) is 0 Å². The van der Waals surface area contributed by atoms with E-state index in [1.807, 2.05) is 0 Å². The van der Waals surface area contributed by atoms with E-state index in [-0.39, 0.29) is 11.7 Å². The van der Waals surface area contributed by atoms with Crippen LogP contribution >= 0.6 is 0 Å². The second kappa shape index (κ2) is 8.36. The van der Waals surface area contributed by atoms with Gasteiger partial charge in [0.05, 0.1) is 11.7 Å². The van der Waals surface area contributed by atoms with E-state index in [0.29, 0.717) is 22.7 Å². The van der Waals surface area contributed by atoms with Crippen molar-refractivity contribution in [1.29, 1.82) is 0 Å². The van der Waals surface area contributed by atoms with E-state index in [0.717, 1.165) is 55.8 Å². The van der Waals surface area contributed by atoms with Crippen LogP contribution in [0.3, 0.4) is 0 Å². The molecule has 4 aliphatic carbocycles. The first-order chi connectivity index (χ1) is 14.2. The van der Waals surface area contributed by atoms with Crippen LogP contribution in [0.25, 0.3) is 0 Å². The first-order valence-corrected chi connectivity index (χ1v) is 13.6. The fraction of sp³-hybridized carbons (Fsp3) is 1.00. The lowest BCUT2D eigenvalue weighted by molar-refractivity contribution is -0.154. The monoisotopic (exact) mass is 418 g/mol. The lowest BCUT2D eigenvalue weighted by Gasteiger charge is -2.62. The van der Waals surface area contributed by atoms with Crippen LogP contribution in [0.4, 0.5) is 0 Å². The molecule has 30 heavy (non-hydrogen) atoms. The summed E-state index contributed by atoms with van der Waals surface area (Å²) in [6, 6.07) is 0. The molecule has 0 spiro atoms. The van der Waals surface area contributed by atoms with Crippen LogP contribution < -0.4 is 0 Å². The Morgan fingerprint density at radius 3 is 2.33 bits per heavy atom. The van der Waals surface area contributed by atoms with Gasteiger partial charge in [-0.2, -0.15) is 0 Å². The summed E-state index contributed by atoms with van der Waals surface area (Å²) in [6.07, 6.45) is 15.7. The summed E-state index contributed by atoms with van der Waals surface area (Å²) in [5.41, 5.74) is 0.508.